The fourth-order valence-electron chi connectivity index (χ4n) is 3.81. The number of benzene rings is 2. The molecule has 0 spiro atoms. The van der Waals surface area contributed by atoms with Gasteiger partial charge < -0.3 is 4.57 Å². The van der Waals surface area contributed by atoms with E-state index in [2.05, 4.69) is 0 Å². The van der Waals surface area contributed by atoms with Crippen molar-refractivity contribution in [1.29, 1.82) is 0 Å². The Kier molecular flexibility index (Phi) is 4.99. The second-order valence-corrected chi connectivity index (χ2v) is 7.62. The van der Waals surface area contributed by atoms with Gasteiger partial charge in [-0.3, -0.25) is 24.0 Å². The second-order valence-electron chi connectivity index (χ2n) is 7.62. The number of hydrogen-bond acceptors (Lipinski definition) is 4. The van der Waals surface area contributed by atoms with Crippen LogP contribution in [0.15, 0.2) is 58.3 Å². The van der Waals surface area contributed by atoms with Crippen molar-refractivity contribution >= 4 is 16.6 Å². The minimum absolute atomic E-state index is 0.0511. The quantitative estimate of drug-likeness (QED) is 0.344. The zero-order valence-corrected chi connectivity index (χ0v) is 17.7. The Morgan fingerprint density at radius 1 is 1.00 bits per heavy atom. The lowest BCUT2D eigenvalue weighted by molar-refractivity contribution is -0.385. The molecule has 8 nitrogen and oxygen atoms in total. The number of aryl methyl sites for hydroxylation is 2. The predicted octanol–water partition coefficient (Wildman–Crippen LogP) is 3.93. The lowest BCUT2D eigenvalue weighted by Gasteiger charge is -2.13. The summed E-state index contributed by atoms with van der Waals surface area (Å²) in [5.41, 5.74) is -1.37. The van der Waals surface area contributed by atoms with E-state index in [1.54, 1.807) is 13.0 Å². The first-order chi connectivity index (χ1) is 15.4. The first kappa shape index (κ1) is 22.1. The van der Waals surface area contributed by atoms with Gasteiger partial charge >= 0.3 is 11.9 Å². The zero-order chi connectivity index (χ0) is 24.2. The Morgan fingerprint density at radius 2 is 1.70 bits per heavy atom. The van der Waals surface area contributed by atoms with E-state index in [0.29, 0.717) is 5.56 Å². The molecule has 0 aliphatic rings. The first-order valence-electron chi connectivity index (χ1n) is 9.66. The van der Waals surface area contributed by atoms with E-state index in [-0.39, 0.29) is 33.5 Å². The molecule has 33 heavy (non-hydrogen) atoms. The van der Waals surface area contributed by atoms with Crippen LogP contribution in [0.25, 0.3) is 27.8 Å². The summed E-state index contributed by atoms with van der Waals surface area (Å²) < 4.78 is 43.5. The van der Waals surface area contributed by atoms with Gasteiger partial charge in [0.2, 0.25) is 0 Å². The molecule has 0 aliphatic carbocycles. The lowest BCUT2D eigenvalue weighted by atomic mass is 10.1. The number of rotatable bonds is 3. The molecule has 2 aromatic heterocycles. The average molecular weight is 458 g/mol. The van der Waals surface area contributed by atoms with Crippen molar-refractivity contribution in [2.24, 2.45) is 14.1 Å². The van der Waals surface area contributed by atoms with Crippen LogP contribution in [-0.2, 0) is 20.3 Å². The summed E-state index contributed by atoms with van der Waals surface area (Å²) in [6.07, 6.45) is -3.22. The van der Waals surface area contributed by atoms with E-state index in [1.807, 2.05) is 0 Å². The molecule has 0 unspecified atom stereocenters. The number of aromatic nitrogens is 3. The van der Waals surface area contributed by atoms with Crippen molar-refractivity contribution in [3.05, 3.63) is 90.7 Å². The Hall–Kier alpha value is -4.15. The average Bonchev–Trinajstić information content (AvgIpc) is 3.17. The van der Waals surface area contributed by atoms with E-state index in [4.69, 9.17) is 0 Å². The monoisotopic (exact) mass is 458 g/mol. The molecule has 0 saturated heterocycles. The van der Waals surface area contributed by atoms with Crippen LogP contribution in [0.2, 0.25) is 0 Å². The largest absolute Gasteiger partial charge is 0.416 e. The lowest BCUT2D eigenvalue weighted by Crippen LogP contribution is -2.36. The third-order valence-corrected chi connectivity index (χ3v) is 5.57. The molecule has 0 radical (unpaired) electrons. The molecule has 0 bridgehead atoms. The summed E-state index contributed by atoms with van der Waals surface area (Å²) in [6, 6.07) is 8.77. The fourth-order valence-corrected chi connectivity index (χ4v) is 3.81. The SMILES string of the molecule is Cc1ccc(-c2c3c(=O)n(C)c(=O)n(C)c3cn2-c2cccc(C(F)(F)F)c2)cc1[N+](=O)[O-]. The highest BCUT2D eigenvalue weighted by Gasteiger charge is 2.31. The Labute approximate surface area is 183 Å². The summed E-state index contributed by atoms with van der Waals surface area (Å²) in [4.78, 5) is 36.4. The van der Waals surface area contributed by atoms with Crippen molar-refractivity contribution in [2.45, 2.75) is 13.1 Å². The fraction of sp³-hybridized carbons (Fsp3) is 0.182. The summed E-state index contributed by atoms with van der Waals surface area (Å²) in [7, 11) is 2.72. The molecule has 2 aromatic carbocycles. The van der Waals surface area contributed by atoms with Crippen molar-refractivity contribution < 1.29 is 18.1 Å². The molecule has 0 N–H and O–H groups in total. The van der Waals surface area contributed by atoms with Gasteiger partial charge in [0.25, 0.3) is 11.2 Å². The van der Waals surface area contributed by atoms with Crippen molar-refractivity contribution in [3.63, 3.8) is 0 Å². The highest BCUT2D eigenvalue weighted by Crippen LogP contribution is 2.36. The highest BCUT2D eigenvalue weighted by atomic mass is 19.4. The molecule has 0 amide bonds. The van der Waals surface area contributed by atoms with Crippen molar-refractivity contribution in [1.82, 2.24) is 13.7 Å². The van der Waals surface area contributed by atoms with Crippen LogP contribution in [-0.4, -0.2) is 18.6 Å². The standard InChI is InChI=1S/C22H17F3N4O4/c1-12-7-8-13(9-16(12)29(32)33)19-18-17(26(2)21(31)27(3)20(18)30)11-28(19)15-6-4-5-14(10-15)22(23,24)25/h4-11H,1-3H3. The summed E-state index contributed by atoms with van der Waals surface area (Å²) in [6.45, 7) is 1.55. The molecular formula is C22H17F3N4O4. The van der Waals surface area contributed by atoms with Gasteiger partial charge in [-0.25, -0.2) is 4.79 Å². The number of halogens is 3. The third kappa shape index (κ3) is 3.51. The van der Waals surface area contributed by atoms with Gasteiger partial charge in [-0.15, -0.1) is 0 Å². The molecule has 11 heteroatoms. The smallest absolute Gasteiger partial charge is 0.314 e. The summed E-state index contributed by atoms with van der Waals surface area (Å²) in [5, 5.41) is 11.6. The third-order valence-electron chi connectivity index (χ3n) is 5.57. The molecule has 0 saturated carbocycles. The first-order valence-corrected chi connectivity index (χ1v) is 9.66. The van der Waals surface area contributed by atoms with E-state index in [9.17, 15) is 32.9 Å². The van der Waals surface area contributed by atoms with E-state index < -0.39 is 27.9 Å². The van der Waals surface area contributed by atoms with Gasteiger partial charge in [0, 0.05) is 43.2 Å². The van der Waals surface area contributed by atoms with Gasteiger partial charge in [-0.05, 0) is 25.1 Å². The molecule has 4 rings (SSSR count). The topological polar surface area (TPSA) is 92.1 Å². The molecule has 170 valence electrons. The van der Waals surface area contributed by atoms with Crippen molar-refractivity contribution in [3.8, 4) is 16.9 Å². The minimum atomic E-state index is -4.60. The number of alkyl halides is 3. The van der Waals surface area contributed by atoms with Crippen LogP contribution in [0, 0.1) is 17.0 Å². The molecule has 0 aliphatic heterocycles. The molecule has 0 atom stereocenters. The van der Waals surface area contributed by atoms with Gasteiger partial charge in [0.1, 0.15) is 0 Å². The normalized spacial score (nSPS) is 11.8. The van der Waals surface area contributed by atoms with Gasteiger partial charge in [0.05, 0.1) is 27.1 Å². The Bertz CT molecular complexity index is 1560. The molecule has 2 heterocycles. The van der Waals surface area contributed by atoms with Crippen molar-refractivity contribution in [2.75, 3.05) is 0 Å². The maximum atomic E-state index is 13.3. The second kappa shape index (κ2) is 7.47. The van der Waals surface area contributed by atoms with E-state index in [0.717, 1.165) is 16.7 Å². The van der Waals surface area contributed by atoms with Crippen LogP contribution in [0.5, 0.6) is 0 Å². The molecular weight excluding hydrogens is 441 g/mol. The number of nitrogens with zero attached hydrogens (tertiary/aromatic N) is 4. The zero-order valence-electron chi connectivity index (χ0n) is 17.7. The van der Waals surface area contributed by atoms with Crippen LogP contribution < -0.4 is 11.2 Å². The number of hydrogen-bond donors (Lipinski definition) is 0. The molecule has 0 fully saturated rings. The van der Waals surface area contributed by atoms with Crippen LogP contribution >= 0.6 is 0 Å². The summed E-state index contributed by atoms with van der Waals surface area (Å²) in [5.74, 6) is 0. The van der Waals surface area contributed by atoms with Crippen LogP contribution in [0.1, 0.15) is 11.1 Å². The van der Waals surface area contributed by atoms with Gasteiger partial charge in [0.15, 0.2) is 0 Å². The number of nitro benzene ring substituents is 1. The van der Waals surface area contributed by atoms with E-state index in [1.165, 1.54) is 53.7 Å². The number of nitro groups is 1. The maximum Gasteiger partial charge on any atom is 0.416 e. The Morgan fingerprint density at radius 3 is 2.33 bits per heavy atom. The number of fused-ring (bicyclic) bond motifs is 1. The predicted molar refractivity (Wildman–Crippen MR) is 116 cm³/mol. The minimum Gasteiger partial charge on any atom is -0.314 e. The maximum absolute atomic E-state index is 13.3. The summed E-state index contributed by atoms with van der Waals surface area (Å²) >= 11 is 0. The molecule has 4 aromatic rings. The van der Waals surface area contributed by atoms with Crippen LogP contribution in [0.3, 0.4) is 0 Å². The van der Waals surface area contributed by atoms with E-state index >= 15 is 0 Å². The Balaban J connectivity index is 2.18. The van der Waals surface area contributed by atoms with Gasteiger partial charge in [-0.1, -0.05) is 18.2 Å². The van der Waals surface area contributed by atoms with Gasteiger partial charge in [-0.2, -0.15) is 13.2 Å². The van der Waals surface area contributed by atoms with Crippen LogP contribution in [0.4, 0.5) is 18.9 Å². The highest BCUT2D eigenvalue weighted by molar-refractivity contribution is 5.95.